The van der Waals surface area contributed by atoms with Crippen molar-refractivity contribution in [1.82, 2.24) is 14.9 Å². The number of anilines is 2. The summed E-state index contributed by atoms with van der Waals surface area (Å²) in [7, 11) is 0. The van der Waals surface area contributed by atoms with E-state index in [1.807, 2.05) is 35.2 Å². The number of hydrogen-bond acceptors (Lipinski definition) is 6. The number of carbonyl (C=O) groups is 1. The number of halogens is 1. The Morgan fingerprint density at radius 3 is 2.60 bits per heavy atom. The molecule has 0 aliphatic carbocycles. The molecule has 3 aromatic carbocycles. The highest BCUT2D eigenvalue weighted by molar-refractivity contribution is 6.28. The number of rotatable bonds is 6. The Hall–Kier alpha value is -4.15. The summed E-state index contributed by atoms with van der Waals surface area (Å²) in [5, 5.41) is 12.2. The second-order valence-electron chi connectivity index (χ2n) is 10.4. The van der Waals surface area contributed by atoms with Crippen molar-refractivity contribution in [3.8, 4) is 6.07 Å². The first-order valence-electron chi connectivity index (χ1n) is 13.8. The topological polar surface area (TPSA) is 76.4 Å². The number of piperazine rings is 1. The van der Waals surface area contributed by atoms with Crippen molar-refractivity contribution in [2.75, 3.05) is 36.0 Å². The van der Waals surface area contributed by atoms with Gasteiger partial charge in [-0.2, -0.15) is 5.26 Å². The van der Waals surface area contributed by atoms with Gasteiger partial charge in [0.05, 0.1) is 30.8 Å². The first kappa shape index (κ1) is 26.1. The van der Waals surface area contributed by atoms with E-state index in [-0.39, 0.29) is 23.7 Å². The SMILES string of the molecule is N#CCC1CN(c2nc(Cl)nc3c2CCN(c2cccc4ccccc24)C3)CCN1C(=O)CCc1ccccc1. The summed E-state index contributed by atoms with van der Waals surface area (Å²) in [4.78, 5) is 29.0. The summed E-state index contributed by atoms with van der Waals surface area (Å²) < 4.78 is 0. The first-order valence-corrected chi connectivity index (χ1v) is 14.2. The Morgan fingerprint density at radius 1 is 0.950 bits per heavy atom. The molecule has 1 amide bonds. The van der Waals surface area contributed by atoms with Crippen LogP contribution in [-0.2, 0) is 24.2 Å². The lowest BCUT2D eigenvalue weighted by Gasteiger charge is -2.42. The number of aromatic nitrogens is 2. The summed E-state index contributed by atoms with van der Waals surface area (Å²) in [5.41, 5.74) is 4.38. The maximum Gasteiger partial charge on any atom is 0.224 e. The Morgan fingerprint density at radius 2 is 1.75 bits per heavy atom. The molecule has 0 N–H and O–H groups in total. The normalized spacial score (nSPS) is 17.0. The molecule has 7 nitrogen and oxygen atoms in total. The van der Waals surface area contributed by atoms with Crippen LogP contribution < -0.4 is 9.80 Å². The maximum absolute atomic E-state index is 13.2. The van der Waals surface area contributed by atoms with Gasteiger partial charge in [-0.25, -0.2) is 9.97 Å². The molecule has 0 saturated carbocycles. The monoisotopic (exact) mass is 550 g/mol. The van der Waals surface area contributed by atoms with E-state index in [9.17, 15) is 10.1 Å². The molecule has 3 heterocycles. The van der Waals surface area contributed by atoms with Gasteiger partial charge in [0.25, 0.3) is 0 Å². The highest BCUT2D eigenvalue weighted by Gasteiger charge is 2.33. The van der Waals surface area contributed by atoms with Crippen molar-refractivity contribution in [2.24, 2.45) is 0 Å². The maximum atomic E-state index is 13.2. The van der Waals surface area contributed by atoms with Gasteiger partial charge in [-0.05, 0) is 41.5 Å². The minimum absolute atomic E-state index is 0.0947. The predicted octanol–water partition coefficient (Wildman–Crippen LogP) is 5.41. The summed E-state index contributed by atoms with van der Waals surface area (Å²) in [6.45, 7) is 3.25. The van der Waals surface area contributed by atoms with Crippen LogP contribution in [0, 0.1) is 11.3 Å². The average molecular weight is 551 g/mol. The van der Waals surface area contributed by atoms with Crippen LogP contribution in [-0.4, -0.2) is 53.0 Å². The van der Waals surface area contributed by atoms with E-state index >= 15 is 0 Å². The number of benzene rings is 3. The molecule has 2 aliphatic rings. The third-order valence-electron chi connectivity index (χ3n) is 8.02. The third kappa shape index (κ3) is 5.32. The van der Waals surface area contributed by atoms with Crippen molar-refractivity contribution in [3.63, 3.8) is 0 Å². The van der Waals surface area contributed by atoms with Gasteiger partial charge in [0.2, 0.25) is 11.2 Å². The molecule has 1 aromatic heterocycles. The smallest absolute Gasteiger partial charge is 0.224 e. The van der Waals surface area contributed by atoms with Gasteiger partial charge in [-0.15, -0.1) is 0 Å². The van der Waals surface area contributed by atoms with Crippen LogP contribution in [0.15, 0.2) is 72.8 Å². The van der Waals surface area contributed by atoms with Gasteiger partial charge in [-0.3, -0.25) is 4.79 Å². The fraction of sp³-hybridized carbons (Fsp3) is 0.312. The number of nitriles is 1. The largest absolute Gasteiger partial charge is 0.365 e. The molecule has 1 atom stereocenters. The van der Waals surface area contributed by atoms with Gasteiger partial charge >= 0.3 is 0 Å². The second-order valence-corrected chi connectivity index (χ2v) is 10.8. The van der Waals surface area contributed by atoms with Crippen LogP contribution in [0.1, 0.15) is 29.7 Å². The molecule has 1 unspecified atom stereocenters. The molecule has 0 bridgehead atoms. The van der Waals surface area contributed by atoms with Gasteiger partial charge in [0.1, 0.15) is 5.82 Å². The third-order valence-corrected chi connectivity index (χ3v) is 8.19. The van der Waals surface area contributed by atoms with Crippen LogP contribution in [0.3, 0.4) is 0 Å². The molecular formula is C32H31ClN6O. The zero-order valence-corrected chi connectivity index (χ0v) is 23.1. The van der Waals surface area contributed by atoms with E-state index in [0.29, 0.717) is 39.0 Å². The Bertz CT molecular complexity index is 1560. The van der Waals surface area contributed by atoms with Crippen LogP contribution in [0.5, 0.6) is 0 Å². The summed E-state index contributed by atoms with van der Waals surface area (Å²) in [6, 6.07) is 27.0. The lowest BCUT2D eigenvalue weighted by atomic mass is 10.0. The van der Waals surface area contributed by atoms with Crippen molar-refractivity contribution in [3.05, 3.63) is 94.9 Å². The molecule has 0 radical (unpaired) electrons. The fourth-order valence-corrected chi connectivity index (χ4v) is 6.21. The summed E-state index contributed by atoms with van der Waals surface area (Å²) in [5.74, 6) is 0.934. The average Bonchev–Trinajstić information content (AvgIpc) is 2.99. The van der Waals surface area contributed by atoms with E-state index in [1.165, 1.54) is 16.5 Å². The van der Waals surface area contributed by atoms with E-state index in [4.69, 9.17) is 11.6 Å². The van der Waals surface area contributed by atoms with Crippen LogP contribution >= 0.6 is 11.6 Å². The van der Waals surface area contributed by atoms with Gasteiger partial charge < -0.3 is 14.7 Å². The molecular weight excluding hydrogens is 520 g/mol. The van der Waals surface area contributed by atoms with E-state index in [0.717, 1.165) is 35.6 Å². The minimum Gasteiger partial charge on any atom is -0.365 e. The number of fused-ring (bicyclic) bond motifs is 2. The van der Waals surface area contributed by atoms with E-state index in [1.54, 1.807) is 0 Å². The van der Waals surface area contributed by atoms with Gasteiger partial charge in [-0.1, -0.05) is 66.7 Å². The molecule has 0 spiro atoms. The van der Waals surface area contributed by atoms with E-state index < -0.39 is 0 Å². The second kappa shape index (κ2) is 11.5. The summed E-state index contributed by atoms with van der Waals surface area (Å²) >= 11 is 6.48. The molecule has 1 fully saturated rings. The quantitative estimate of drug-likeness (QED) is 0.299. The molecule has 6 rings (SSSR count). The fourth-order valence-electron chi connectivity index (χ4n) is 6.03. The number of amides is 1. The lowest BCUT2D eigenvalue weighted by Crippen LogP contribution is -2.55. The molecule has 8 heteroatoms. The van der Waals surface area contributed by atoms with Gasteiger partial charge in [0.15, 0.2) is 0 Å². The zero-order chi connectivity index (χ0) is 27.5. The Balaban J connectivity index is 1.20. The summed E-state index contributed by atoms with van der Waals surface area (Å²) in [6.07, 6.45) is 2.21. The molecule has 1 saturated heterocycles. The lowest BCUT2D eigenvalue weighted by molar-refractivity contribution is -0.133. The number of aryl methyl sites for hydroxylation is 1. The van der Waals surface area contributed by atoms with Crippen LogP contribution in [0.25, 0.3) is 10.8 Å². The van der Waals surface area contributed by atoms with Crippen LogP contribution in [0.2, 0.25) is 5.28 Å². The van der Waals surface area contributed by atoms with Crippen molar-refractivity contribution >= 4 is 39.8 Å². The highest BCUT2D eigenvalue weighted by atomic mass is 35.5. The molecule has 40 heavy (non-hydrogen) atoms. The standard InChI is InChI=1S/C32H31ClN6O/c33-32-35-28-22-37(29-12-6-10-24-9-4-5-11-26(24)29)18-16-27(28)31(36-32)38-19-20-39(25(21-38)15-17-34)30(40)14-13-23-7-2-1-3-8-23/h1-12,25H,13-16,18-22H2. The molecule has 202 valence electrons. The number of nitrogens with zero attached hydrogens (tertiary/aromatic N) is 6. The number of hydrogen-bond donors (Lipinski definition) is 0. The van der Waals surface area contributed by atoms with E-state index in [2.05, 4.69) is 68.3 Å². The first-order chi connectivity index (χ1) is 19.6. The number of carbonyl (C=O) groups excluding carboxylic acids is 1. The van der Waals surface area contributed by atoms with Crippen molar-refractivity contribution < 1.29 is 4.79 Å². The predicted molar refractivity (Wildman–Crippen MR) is 158 cm³/mol. The molecule has 2 aliphatic heterocycles. The minimum atomic E-state index is -0.192. The zero-order valence-electron chi connectivity index (χ0n) is 22.3. The Labute approximate surface area is 239 Å². The Kier molecular flexibility index (Phi) is 7.52. The molecule has 4 aromatic rings. The van der Waals surface area contributed by atoms with Crippen molar-refractivity contribution in [1.29, 1.82) is 5.26 Å². The van der Waals surface area contributed by atoms with Gasteiger partial charge in [0, 0.05) is 49.2 Å². The highest BCUT2D eigenvalue weighted by Crippen LogP contribution is 2.34. The van der Waals surface area contributed by atoms with Crippen LogP contribution in [0.4, 0.5) is 11.5 Å². The van der Waals surface area contributed by atoms with Crippen molar-refractivity contribution in [2.45, 2.75) is 38.3 Å².